The molecule has 116 valence electrons. The second-order valence-electron chi connectivity index (χ2n) is 4.77. The number of hydrogen-bond acceptors (Lipinski definition) is 7. The summed E-state index contributed by atoms with van der Waals surface area (Å²) in [5.41, 5.74) is 1.31. The van der Waals surface area contributed by atoms with E-state index in [2.05, 4.69) is 20.3 Å². The minimum atomic E-state index is 0.107. The standard InChI is InChI=1S/C15H11ClN4O3/c1-21-9-2-3-11-8(4-9)5-18-15(19-11)20-12-10(16)6-17-14-13(12)22-7-23-14/h2-6H,7H2,1H3,(H,17,18,19,20). The van der Waals surface area contributed by atoms with Crippen LogP contribution >= 0.6 is 11.6 Å². The van der Waals surface area contributed by atoms with E-state index in [1.54, 1.807) is 13.3 Å². The highest BCUT2D eigenvalue weighted by Crippen LogP contribution is 2.42. The SMILES string of the molecule is COc1ccc2nc(Nc3c(Cl)cnc4c3OCO4)ncc2c1. The molecule has 1 N–H and O–H groups in total. The molecule has 4 rings (SSSR count). The van der Waals surface area contributed by atoms with E-state index in [9.17, 15) is 0 Å². The summed E-state index contributed by atoms with van der Waals surface area (Å²) in [6.45, 7) is 0.107. The topological polar surface area (TPSA) is 78.4 Å². The van der Waals surface area contributed by atoms with Gasteiger partial charge in [0.25, 0.3) is 5.88 Å². The van der Waals surface area contributed by atoms with Gasteiger partial charge in [0.15, 0.2) is 0 Å². The van der Waals surface area contributed by atoms with E-state index in [1.165, 1.54) is 6.20 Å². The Hall–Kier alpha value is -2.80. The van der Waals surface area contributed by atoms with Crippen LogP contribution in [-0.2, 0) is 0 Å². The van der Waals surface area contributed by atoms with Crippen molar-refractivity contribution in [1.82, 2.24) is 15.0 Å². The van der Waals surface area contributed by atoms with E-state index in [0.29, 0.717) is 28.3 Å². The summed E-state index contributed by atoms with van der Waals surface area (Å²) in [5.74, 6) is 1.99. The van der Waals surface area contributed by atoms with Crippen LogP contribution in [0.25, 0.3) is 10.9 Å². The molecule has 0 bridgehead atoms. The molecule has 3 aromatic rings. The third-order valence-electron chi connectivity index (χ3n) is 3.38. The highest BCUT2D eigenvalue weighted by molar-refractivity contribution is 6.33. The first-order valence-electron chi connectivity index (χ1n) is 6.76. The van der Waals surface area contributed by atoms with Gasteiger partial charge in [-0.1, -0.05) is 11.6 Å². The lowest BCUT2D eigenvalue weighted by atomic mass is 10.2. The number of pyridine rings is 1. The number of benzene rings is 1. The molecule has 0 radical (unpaired) electrons. The van der Waals surface area contributed by atoms with Gasteiger partial charge in [0.05, 0.1) is 23.8 Å². The molecule has 23 heavy (non-hydrogen) atoms. The van der Waals surface area contributed by atoms with Gasteiger partial charge in [-0.2, -0.15) is 0 Å². The molecule has 0 unspecified atom stereocenters. The Labute approximate surface area is 136 Å². The zero-order valence-corrected chi connectivity index (χ0v) is 12.8. The molecule has 0 atom stereocenters. The Balaban J connectivity index is 1.72. The number of rotatable bonds is 3. The molecular formula is C15H11ClN4O3. The Kier molecular flexibility index (Phi) is 3.27. The van der Waals surface area contributed by atoms with Gasteiger partial charge in [-0.3, -0.25) is 0 Å². The Morgan fingerprint density at radius 2 is 2.13 bits per heavy atom. The Bertz CT molecular complexity index is 903. The van der Waals surface area contributed by atoms with Crippen molar-refractivity contribution in [2.75, 3.05) is 19.2 Å². The molecule has 3 heterocycles. The maximum atomic E-state index is 6.18. The highest BCUT2D eigenvalue weighted by Gasteiger charge is 2.22. The zero-order valence-electron chi connectivity index (χ0n) is 12.0. The van der Waals surface area contributed by atoms with Crippen LogP contribution in [0, 0.1) is 0 Å². The first kappa shape index (κ1) is 13.8. The number of fused-ring (bicyclic) bond motifs is 2. The van der Waals surface area contributed by atoms with Crippen molar-refractivity contribution >= 4 is 34.1 Å². The van der Waals surface area contributed by atoms with E-state index in [1.807, 2.05) is 18.2 Å². The number of anilines is 2. The molecule has 0 saturated heterocycles. The number of aromatic nitrogens is 3. The summed E-state index contributed by atoms with van der Waals surface area (Å²) in [5, 5.41) is 4.33. The van der Waals surface area contributed by atoms with Crippen LogP contribution in [0.4, 0.5) is 11.6 Å². The Morgan fingerprint density at radius 1 is 1.22 bits per heavy atom. The van der Waals surface area contributed by atoms with Crippen LogP contribution < -0.4 is 19.5 Å². The fourth-order valence-corrected chi connectivity index (χ4v) is 2.44. The van der Waals surface area contributed by atoms with Crippen LogP contribution in [-0.4, -0.2) is 28.9 Å². The molecule has 0 aliphatic carbocycles. The first-order valence-corrected chi connectivity index (χ1v) is 7.14. The molecule has 1 aromatic carbocycles. The summed E-state index contributed by atoms with van der Waals surface area (Å²) in [6.07, 6.45) is 3.20. The van der Waals surface area contributed by atoms with Gasteiger partial charge in [0.1, 0.15) is 11.4 Å². The van der Waals surface area contributed by atoms with Gasteiger partial charge < -0.3 is 19.5 Å². The highest BCUT2D eigenvalue weighted by atomic mass is 35.5. The maximum absolute atomic E-state index is 6.18. The van der Waals surface area contributed by atoms with E-state index < -0.39 is 0 Å². The predicted octanol–water partition coefficient (Wildman–Crippen LogP) is 3.16. The largest absolute Gasteiger partial charge is 0.497 e. The van der Waals surface area contributed by atoms with E-state index in [-0.39, 0.29) is 6.79 Å². The molecule has 1 aliphatic rings. The first-order chi connectivity index (χ1) is 11.2. The van der Waals surface area contributed by atoms with Gasteiger partial charge in [0, 0.05) is 11.6 Å². The average Bonchev–Trinajstić information content (AvgIpc) is 3.06. The van der Waals surface area contributed by atoms with Gasteiger partial charge in [-0.05, 0) is 18.2 Å². The van der Waals surface area contributed by atoms with E-state index in [0.717, 1.165) is 16.7 Å². The lowest BCUT2D eigenvalue weighted by Crippen LogP contribution is -2.00. The second-order valence-corrected chi connectivity index (χ2v) is 5.17. The van der Waals surface area contributed by atoms with Crippen molar-refractivity contribution in [3.05, 3.63) is 35.6 Å². The van der Waals surface area contributed by atoms with Crippen molar-refractivity contribution in [2.24, 2.45) is 0 Å². The fourth-order valence-electron chi connectivity index (χ4n) is 2.26. The molecule has 0 amide bonds. The van der Waals surface area contributed by atoms with Crippen molar-refractivity contribution < 1.29 is 14.2 Å². The molecule has 0 fully saturated rings. The number of nitrogens with one attached hydrogen (secondary N) is 1. The minimum Gasteiger partial charge on any atom is -0.497 e. The number of hydrogen-bond donors (Lipinski definition) is 1. The average molecular weight is 331 g/mol. The zero-order chi connectivity index (χ0) is 15.8. The maximum Gasteiger partial charge on any atom is 0.262 e. The smallest absolute Gasteiger partial charge is 0.262 e. The Morgan fingerprint density at radius 3 is 3.00 bits per heavy atom. The normalized spacial score (nSPS) is 12.4. The van der Waals surface area contributed by atoms with Crippen LogP contribution in [0.1, 0.15) is 0 Å². The summed E-state index contributed by atoms with van der Waals surface area (Å²) in [7, 11) is 1.62. The number of methoxy groups -OCH3 is 1. The molecule has 8 heteroatoms. The molecule has 1 aliphatic heterocycles. The molecule has 0 spiro atoms. The van der Waals surface area contributed by atoms with Crippen molar-refractivity contribution in [1.29, 1.82) is 0 Å². The molecule has 7 nitrogen and oxygen atoms in total. The predicted molar refractivity (Wildman–Crippen MR) is 84.7 cm³/mol. The fraction of sp³-hybridized carbons (Fsp3) is 0.133. The van der Waals surface area contributed by atoms with E-state index >= 15 is 0 Å². The van der Waals surface area contributed by atoms with Crippen LogP contribution in [0.15, 0.2) is 30.6 Å². The van der Waals surface area contributed by atoms with Gasteiger partial charge in [-0.25, -0.2) is 15.0 Å². The summed E-state index contributed by atoms with van der Waals surface area (Å²) < 4.78 is 15.8. The van der Waals surface area contributed by atoms with Crippen molar-refractivity contribution in [3.63, 3.8) is 0 Å². The van der Waals surface area contributed by atoms with Crippen LogP contribution in [0.5, 0.6) is 17.4 Å². The quantitative estimate of drug-likeness (QED) is 0.790. The monoisotopic (exact) mass is 330 g/mol. The van der Waals surface area contributed by atoms with Crippen molar-refractivity contribution in [2.45, 2.75) is 0 Å². The van der Waals surface area contributed by atoms with Crippen LogP contribution in [0.2, 0.25) is 5.02 Å². The summed E-state index contributed by atoms with van der Waals surface area (Å²) in [6, 6.07) is 5.57. The second kappa shape index (κ2) is 5.44. The lowest BCUT2D eigenvalue weighted by Gasteiger charge is -2.10. The van der Waals surface area contributed by atoms with Crippen molar-refractivity contribution in [3.8, 4) is 17.4 Å². The van der Waals surface area contributed by atoms with Gasteiger partial charge in [0.2, 0.25) is 18.5 Å². The number of ether oxygens (including phenoxy) is 3. The number of nitrogens with zero attached hydrogens (tertiary/aromatic N) is 3. The summed E-state index contributed by atoms with van der Waals surface area (Å²) >= 11 is 6.18. The molecule has 0 saturated carbocycles. The van der Waals surface area contributed by atoms with Gasteiger partial charge >= 0.3 is 0 Å². The third-order valence-corrected chi connectivity index (χ3v) is 3.66. The molecular weight excluding hydrogens is 320 g/mol. The van der Waals surface area contributed by atoms with Gasteiger partial charge in [-0.15, -0.1) is 0 Å². The van der Waals surface area contributed by atoms with E-state index in [4.69, 9.17) is 25.8 Å². The number of halogens is 1. The lowest BCUT2D eigenvalue weighted by molar-refractivity contribution is 0.171. The molecule has 2 aromatic heterocycles. The third kappa shape index (κ3) is 2.44. The summed E-state index contributed by atoms with van der Waals surface area (Å²) in [4.78, 5) is 12.8. The van der Waals surface area contributed by atoms with Crippen LogP contribution in [0.3, 0.4) is 0 Å². The minimum absolute atomic E-state index is 0.107.